The lowest BCUT2D eigenvalue weighted by molar-refractivity contribution is -0.117. The van der Waals surface area contributed by atoms with Crippen molar-refractivity contribution < 1.29 is 9.59 Å². The molecule has 1 aliphatic rings. The molecule has 2 heterocycles. The van der Waals surface area contributed by atoms with Gasteiger partial charge in [0.15, 0.2) is 0 Å². The van der Waals surface area contributed by atoms with E-state index in [1.165, 1.54) is 4.90 Å². The minimum Gasteiger partial charge on any atom is -0.312 e. The zero-order valence-corrected chi connectivity index (χ0v) is 14.9. The van der Waals surface area contributed by atoms with E-state index in [9.17, 15) is 9.59 Å². The second-order valence-electron chi connectivity index (χ2n) is 6.43. The summed E-state index contributed by atoms with van der Waals surface area (Å²) >= 11 is 0. The third-order valence-corrected chi connectivity index (χ3v) is 4.77. The van der Waals surface area contributed by atoms with E-state index in [0.29, 0.717) is 11.1 Å². The highest BCUT2D eigenvalue weighted by Gasteiger charge is 2.31. The quantitative estimate of drug-likeness (QED) is 0.679. The number of anilines is 2. The number of fused-ring (bicyclic) bond motifs is 2. The smallest absolute Gasteiger partial charge is 0.258 e. The number of carbonyl (C=O) groups is 2. The van der Waals surface area contributed by atoms with E-state index in [4.69, 9.17) is 0 Å². The lowest BCUT2D eigenvalue weighted by Gasteiger charge is -2.34. The number of hydrogen-bond donors (Lipinski definition) is 0. The molecule has 0 radical (unpaired) electrons. The van der Waals surface area contributed by atoms with Crippen molar-refractivity contribution >= 4 is 34.2 Å². The van der Waals surface area contributed by atoms with E-state index in [1.807, 2.05) is 38.1 Å². The Labute approximate surface area is 151 Å². The SMILES string of the molecule is Cc1nc2ccc(C(=O)N3CC(=O)N(C)c4ccccc43)cc2nc1C. The van der Waals surface area contributed by atoms with Gasteiger partial charge in [-0.25, -0.2) is 9.97 Å². The summed E-state index contributed by atoms with van der Waals surface area (Å²) in [6.45, 7) is 3.82. The van der Waals surface area contributed by atoms with Crippen LogP contribution in [0, 0.1) is 13.8 Å². The van der Waals surface area contributed by atoms with Crippen LogP contribution in [0.25, 0.3) is 11.0 Å². The molecule has 2 aromatic carbocycles. The average molecular weight is 346 g/mol. The van der Waals surface area contributed by atoms with Crippen molar-refractivity contribution in [3.05, 3.63) is 59.4 Å². The maximum atomic E-state index is 13.1. The summed E-state index contributed by atoms with van der Waals surface area (Å²) in [6.07, 6.45) is 0. The van der Waals surface area contributed by atoms with Gasteiger partial charge in [-0.05, 0) is 44.2 Å². The third-order valence-electron chi connectivity index (χ3n) is 4.77. The molecule has 0 spiro atoms. The van der Waals surface area contributed by atoms with Gasteiger partial charge in [-0.2, -0.15) is 0 Å². The molecule has 1 aromatic heterocycles. The molecule has 0 saturated heterocycles. The van der Waals surface area contributed by atoms with E-state index >= 15 is 0 Å². The van der Waals surface area contributed by atoms with Crippen LogP contribution in [-0.4, -0.2) is 35.4 Å². The van der Waals surface area contributed by atoms with Crippen LogP contribution in [-0.2, 0) is 4.79 Å². The summed E-state index contributed by atoms with van der Waals surface area (Å²) in [7, 11) is 1.72. The molecule has 0 fully saturated rings. The van der Waals surface area contributed by atoms with E-state index in [-0.39, 0.29) is 18.4 Å². The standard InChI is InChI=1S/C20H18N4O2/c1-12-13(2)22-16-10-14(8-9-15(16)21-12)20(26)24-11-19(25)23(3)17-6-4-5-7-18(17)24/h4-10H,11H2,1-3H3. The molecule has 0 saturated carbocycles. The van der Waals surface area contributed by atoms with Crippen molar-refractivity contribution in [3.8, 4) is 0 Å². The molecule has 26 heavy (non-hydrogen) atoms. The maximum Gasteiger partial charge on any atom is 0.258 e. The Morgan fingerprint density at radius 3 is 2.35 bits per heavy atom. The van der Waals surface area contributed by atoms with Crippen LogP contribution >= 0.6 is 0 Å². The molecule has 0 aliphatic carbocycles. The average Bonchev–Trinajstić information content (AvgIpc) is 2.65. The third kappa shape index (κ3) is 2.50. The van der Waals surface area contributed by atoms with Gasteiger partial charge in [0, 0.05) is 12.6 Å². The number of rotatable bonds is 1. The molecule has 0 unspecified atom stereocenters. The van der Waals surface area contributed by atoms with Crippen LogP contribution in [0.4, 0.5) is 11.4 Å². The Morgan fingerprint density at radius 2 is 1.62 bits per heavy atom. The predicted octanol–water partition coefficient (Wildman–Crippen LogP) is 2.87. The minimum absolute atomic E-state index is 0.0169. The van der Waals surface area contributed by atoms with Crippen LogP contribution in [0.1, 0.15) is 21.7 Å². The lowest BCUT2D eigenvalue weighted by Crippen LogP contribution is -2.46. The van der Waals surface area contributed by atoms with E-state index in [2.05, 4.69) is 9.97 Å². The second-order valence-corrected chi connectivity index (χ2v) is 6.43. The summed E-state index contributed by atoms with van der Waals surface area (Å²) in [5, 5.41) is 0. The van der Waals surface area contributed by atoms with Gasteiger partial charge in [0.05, 0.1) is 33.8 Å². The van der Waals surface area contributed by atoms with E-state index in [0.717, 1.165) is 28.3 Å². The first-order chi connectivity index (χ1) is 12.5. The molecule has 4 rings (SSSR count). The number of carbonyl (C=O) groups excluding carboxylic acids is 2. The van der Waals surface area contributed by atoms with Crippen molar-refractivity contribution in [2.75, 3.05) is 23.4 Å². The first kappa shape index (κ1) is 16.2. The zero-order chi connectivity index (χ0) is 18.4. The van der Waals surface area contributed by atoms with Gasteiger partial charge in [-0.1, -0.05) is 12.1 Å². The van der Waals surface area contributed by atoms with Gasteiger partial charge in [0.2, 0.25) is 5.91 Å². The first-order valence-electron chi connectivity index (χ1n) is 8.38. The van der Waals surface area contributed by atoms with Crippen molar-refractivity contribution in [2.45, 2.75) is 13.8 Å². The lowest BCUT2D eigenvalue weighted by atomic mass is 10.1. The molecule has 0 bridgehead atoms. The molecule has 0 atom stereocenters. The summed E-state index contributed by atoms with van der Waals surface area (Å²) in [6, 6.07) is 12.7. The first-order valence-corrected chi connectivity index (χ1v) is 8.38. The highest BCUT2D eigenvalue weighted by atomic mass is 16.2. The Kier molecular flexibility index (Phi) is 3.68. The molecular formula is C20H18N4O2. The van der Waals surface area contributed by atoms with Crippen molar-refractivity contribution in [1.82, 2.24) is 9.97 Å². The fourth-order valence-electron chi connectivity index (χ4n) is 3.14. The topological polar surface area (TPSA) is 66.4 Å². The van der Waals surface area contributed by atoms with Crippen molar-refractivity contribution in [3.63, 3.8) is 0 Å². The molecule has 0 N–H and O–H groups in total. The summed E-state index contributed by atoms with van der Waals surface area (Å²) in [4.78, 5) is 37.6. The van der Waals surface area contributed by atoms with Gasteiger partial charge in [0.25, 0.3) is 5.91 Å². The van der Waals surface area contributed by atoms with E-state index < -0.39 is 0 Å². The van der Waals surface area contributed by atoms with Crippen molar-refractivity contribution in [1.29, 1.82) is 0 Å². The van der Waals surface area contributed by atoms with Gasteiger partial charge in [0.1, 0.15) is 6.54 Å². The fourth-order valence-corrected chi connectivity index (χ4v) is 3.14. The van der Waals surface area contributed by atoms with Crippen LogP contribution in [0.15, 0.2) is 42.5 Å². The number of nitrogens with zero attached hydrogens (tertiary/aromatic N) is 4. The van der Waals surface area contributed by atoms with Gasteiger partial charge >= 0.3 is 0 Å². The van der Waals surface area contributed by atoms with Gasteiger partial charge in [-0.15, -0.1) is 0 Å². The van der Waals surface area contributed by atoms with Crippen molar-refractivity contribution in [2.24, 2.45) is 0 Å². The Hall–Kier alpha value is -3.28. The molecule has 2 amide bonds. The molecule has 1 aliphatic heterocycles. The second kappa shape index (κ2) is 5.91. The van der Waals surface area contributed by atoms with Crippen LogP contribution in [0.5, 0.6) is 0 Å². The van der Waals surface area contributed by atoms with Gasteiger partial charge in [-0.3, -0.25) is 14.5 Å². The zero-order valence-electron chi connectivity index (χ0n) is 14.9. The number of para-hydroxylation sites is 2. The Balaban J connectivity index is 1.78. The molecule has 6 heteroatoms. The Morgan fingerprint density at radius 1 is 0.962 bits per heavy atom. The number of amides is 2. The fraction of sp³-hybridized carbons (Fsp3) is 0.200. The minimum atomic E-state index is -0.221. The number of aryl methyl sites for hydroxylation is 2. The number of benzene rings is 2. The highest BCUT2D eigenvalue weighted by Crippen LogP contribution is 2.33. The highest BCUT2D eigenvalue weighted by molar-refractivity contribution is 6.16. The number of likely N-dealkylation sites (N-methyl/N-ethyl adjacent to an activating group) is 1. The largest absolute Gasteiger partial charge is 0.312 e. The van der Waals surface area contributed by atoms with Crippen LogP contribution < -0.4 is 9.80 Å². The van der Waals surface area contributed by atoms with E-state index in [1.54, 1.807) is 30.1 Å². The maximum absolute atomic E-state index is 13.1. The summed E-state index contributed by atoms with van der Waals surface area (Å²) in [5.41, 5.74) is 5.07. The van der Waals surface area contributed by atoms with Crippen LogP contribution in [0.3, 0.4) is 0 Å². The number of aromatic nitrogens is 2. The van der Waals surface area contributed by atoms with Crippen LogP contribution in [0.2, 0.25) is 0 Å². The molecule has 130 valence electrons. The molecule has 3 aromatic rings. The number of hydrogen-bond acceptors (Lipinski definition) is 4. The predicted molar refractivity (Wildman–Crippen MR) is 101 cm³/mol. The van der Waals surface area contributed by atoms with Gasteiger partial charge < -0.3 is 4.90 Å². The monoisotopic (exact) mass is 346 g/mol. The molecular weight excluding hydrogens is 328 g/mol. The summed E-state index contributed by atoms with van der Waals surface area (Å²) in [5.74, 6) is -0.343. The molecule has 6 nitrogen and oxygen atoms in total. The normalized spacial score (nSPS) is 13.9. The summed E-state index contributed by atoms with van der Waals surface area (Å²) < 4.78 is 0. The Bertz CT molecular complexity index is 1060.